The van der Waals surface area contributed by atoms with Crippen molar-refractivity contribution in [1.29, 1.82) is 0 Å². The molecule has 112 valence electrons. The largest absolute Gasteiger partial charge is 0.324 e. The average molecular weight is 294 g/mol. The molecule has 2 aromatic rings. The van der Waals surface area contributed by atoms with Crippen molar-refractivity contribution in [2.75, 3.05) is 10.6 Å². The molecule has 1 heterocycles. The SMILES string of the molecule is Cc1cn(C(C)C)nc1NC(=O)Nc1ccc(F)cc1F. The van der Waals surface area contributed by atoms with Crippen LogP contribution in [-0.4, -0.2) is 15.8 Å². The van der Waals surface area contributed by atoms with Crippen molar-refractivity contribution in [3.05, 3.63) is 41.6 Å². The first-order valence-corrected chi connectivity index (χ1v) is 6.45. The Hall–Kier alpha value is -2.44. The second kappa shape index (κ2) is 5.90. The quantitative estimate of drug-likeness (QED) is 0.907. The van der Waals surface area contributed by atoms with Gasteiger partial charge in [-0.15, -0.1) is 0 Å². The fourth-order valence-electron chi connectivity index (χ4n) is 1.72. The van der Waals surface area contributed by atoms with E-state index in [2.05, 4.69) is 15.7 Å². The number of urea groups is 1. The molecule has 0 saturated carbocycles. The van der Waals surface area contributed by atoms with Crippen molar-refractivity contribution in [1.82, 2.24) is 9.78 Å². The van der Waals surface area contributed by atoms with Crippen LogP contribution in [0.1, 0.15) is 25.5 Å². The summed E-state index contributed by atoms with van der Waals surface area (Å²) in [4.78, 5) is 11.8. The average Bonchev–Trinajstić information content (AvgIpc) is 2.75. The second-order valence-corrected chi connectivity index (χ2v) is 4.94. The minimum atomic E-state index is -0.838. The maximum atomic E-state index is 13.4. The number of carbonyl (C=O) groups is 1. The summed E-state index contributed by atoms with van der Waals surface area (Å²) in [5, 5.41) is 9.06. The normalized spacial score (nSPS) is 10.8. The Morgan fingerprint density at radius 2 is 2.00 bits per heavy atom. The summed E-state index contributed by atoms with van der Waals surface area (Å²) < 4.78 is 27.9. The van der Waals surface area contributed by atoms with Crippen LogP contribution in [0.25, 0.3) is 0 Å². The highest BCUT2D eigenvalue weighted by atomic mass is 19.1. The molecule has 2 rings (SSSR count). The van der Waals surface area contributed by atoms with E-state index in [1.54, 1.807) is 17.8 Å². The lowest BCUT2D eigenvalue weighted by Crippen LogP contribution is -2.21. The minimum Gasteiger partial charge on any atom is -0.305 e. The van der Waals surface area contributed by atoms with Crippen LogP contribution in [-0.2, 0) is 0 Å². The molecule has 1 aromatic carbocycles. The number of amides is 2. The molecule has 7 heteroatoms. The molecule has 0 atom stereocenters. The molecule has 0 aliphatic heterocycles. The molecule has 21 heavy (non-hydrogen) atoms. The number of benzene rings is 1. The Labute approximate surface area is 121 Å². The van der Waals surface area contributed by atoms with Crippen LogP contribution in [0, 0.1) is 18.6 Å². The zero-order valence-electron chi connectivity index (χ0n) is 11.9. The van der Waals surface area contributed by atoms with Gasteiger partial charge in [0.25, 0.3) is 0 Å². The second-order valence-electron chi connectivity index (χ2n) is 4.94. The van der Waals surface area contributed by atoms with Crippen LogP contribution in [0.2, 0.25) is 0 Å². The highest BCUT2D eigenvalue weighted by Gasteiger charge is 2.12. The van der Waals surface area contributed by atoms with Crippen molar-refractivity contribution in [3.63, 3.8) is 0 Å². The Morgan fingerprint density at radius 1 is 1.29 bits per heavy atom. The Kier molecular flexibility index (Phi) is 4.21. The first kappa shape index (κ1) is 15.0. The predicted molar refractivity (Wildman–Crippen MR) is 76.3 cm³/mol. The van der Waals surface area contributed by atoms with Gasteiger partial charge in [0.05, 0.1) is 5.69 Å². The monoisotopic (exact) mass is 294 g/mol. The molecule has 0 aliphatic carbocycles. The lowest BCUT2D eigenvalue weighted by Gasteiger charge is -2.07. The van der Waals surface area contributed by atoms with Gasteiger partial charge in [-0.05, 0) is 32.9 Å². The van der Waals surface area contributed by atoms with Crippen molar-refractivity contribution in [3.8, 4) is 0 Å². The fourth-order valence-corrected chi connectivity index (χ4v) is 1.72. The van der Waals surface area contributed by atoms with E-state index in [9.17, 15) is 13.6 Å². The summed E-state index contributed by atoms with van der Waals surface area (Å²) in [6, 6.07) is 2.45. The smallest absolute Gasteiger partial charge is 0.305 e. The van der Waals surface area contributed by atoms with E-state index in [1.165, 1.54) is 0 Å². The highest BCUT2D eigenvalue weighted by Crippen LogP contribution is 2.17. The molecule has 0 aliphatic rings. The van der Waals surface area contributed by atoms with Gasteiger partial charge in [-0.25, -0.2) is 13.6 Å². The zero-order valence-corrected chi connectivity index (χ0v) is 11.9. The van der Waals surface area contributed by atoms with E-state index in [1.807, 2.05) is 13.8 Å². The topological polar surface area (TPSA) is 59.0 Å². The van der Waals surface area contributed by atoms with E-state index < -0.39 is 17.7 Å². The molecule has 0 spiro atoms. The summed E-state index contributed by atoms with van der Waals surface area (Å²) in [5.41, 5.74) is 0.688. The number of hydrogen-bond donors (Lipinski definition) is 2. The third-order valence-corrected chi connectivity index (χ3v) is 2.86. The highest BCUT2D eigenvalue weighted by molar-refractivity contribution is 5.99. The van der Waals surface area contributed by atoms with Crippen LogP contribution in [0.5, 0.6) is 0 Å². The van der Waals surface area contributed by atoms with Gasteiger partial charge in [-0.2, -0.15) is 5.10 Å². The number of nitrogens with zero attached hydrogens (tertiary/aromatic N) is 2. The first-order chi connectivity index (χ1) is 9.86. The number of rotatable bonds is 3. The van der Waals surface area contributed by atoms with Crippen LogP contribution < -0.4 is 10.6 Å². The summed E-state index contributed by atoms with van der Waals surface area (Å²) >= 11 is 0. The van der Waals surface area contributed by atoms with Crippen molar-refractivity contribution < 1.29 is 13.6 Å². The number of nitrogens with one attached hydrogen (secondary N) is 2. The third kappa shape index (κ3) is 3.56. The predicted octanol–water partition coefficient (Wildman–Crippen LogP) is 3.69. The molecule has 0 radical (unpaired) electrons. The Bertz CT molecular complexity index is 667. The van der Waals surface area contributed by atoms with E-state index >= 15 is 0 Å². The minimum absolute atomic E-state index is 0.102. The fraction of sp³-hybridized carbons (Fsp3) is 0.286. The Morgan fingerprint density at radius 3 is 2.57 bits per heavy atom. The van der Waals surface area contributed by atoms with Crippen molar-refractivity contribution in [2.45, 2.75) is 26.8 Å². The third-order valence-electron chi connectivity index (χ3n) is 2.86. The summed E-state index contributed by atoms with van der Waals surface area (Å²) in [5.74, 6) is -1.15. The molecular weight excluding hydrogens is 278 g/mol. The van der Waals surface area contributed by atoms with Gasteiger partial charge in [0.2, 0.25) is 0 Å². The van der Waals surface area contributed by atoms with Gasteiger partial charge in [-0.3, -0.25) is 10.00 Å². The summed E-state index contributed by atoms with van der Waals surface area (Å²) in [6.45, 7) is 5.73. The molecule has 0 unspecified atom stereocenters. The standard InChI is InChI=1S/C14H16F2N4O/c1-8(2)20-7-9(3)13(19-20)18-14(21)17-12-5-4-10(15)6-11(12)16/h4-8H,1-3H3,(H2,17,18,19,21). The molecule has 5 nitrogen and oxygen atoms in total. The van der Waals surface area contributed by atoms with Gasteiger partial charge in [0, 0.05) is 23.9 Å². The number of aryl methyl sites for hydroxylation is 1. The van der Waals surface area contributed by atoms with Gasteiger partial charge in [0.15, 0.2) is 5.82 Å². The van der Waals surface area contributed by atoms with E-state index in [-0.39, 0.29) is 11.7 Å². The maximum absolute atomic E-state index is 13.4. The van der Waals surface area contributed by atoms with Gasteiger partial charge >= 0.3 is 6.03 Å². The lowest BCUT2D eigenvalue weighted by molar-refractivity contribution is 0.262. The molecule has 0 bridgehead atoms. The molecule has 2 N–H and O–H groups in total. The molecule has 0 fully saturated rings. The van der Waals surface area contributed by atoms with Crippen LogP contribution in [0.15, 0.2) is 24.4 Å². The van der Waals surface area contributed by atoms with E-state index in [0.717, 1.165) is 17.7 Å². The van der Waals surface area contributed by atoms with Gasteiger partial charge in [-0.1, -0.05) is 0 Å². The summed E-state index contributed by atoms with van der Waals surface area (Å²) in [7, 11) is 0. The number of aromatic nitrogens is 2. The number of carbonyl (C=O) groups excluding carboxylic acids is 1. The lowest BCUT2D eigenvalue weighted by atomic mass is 10.3. The van der Waals surface area contributed by atoms with E-state index in [0.29, 0.717) is 11.9 Å². The first-order valence-electron chi connectivity index (χ1n) is 6.45. The number of hydrogen-bond acceptors (Lipinski definition) is 2. The number of halogens is 2. The van der Waals surface area contributed by atoms with Crippen molar-refractivity contribution in [2.24, 2.45) is 0 Å². The maximum Gasteiger partial charge on any atom is 0.324 e. The molecule has 1 aromatic heterocycles. The van der Waals surface area contributed by atoms with Gasteiger partial charge in [0.1, 0.15) is 11.6 Å². The zero-order chi connectivity index (χ0) is 15.6. The molecule has 0 saturated heterocycles. The number of anilines is 2. The van der Waals surface area contributed by atoms with Gasteiger partial charge < -0.3 is 5.32 Å². The van der Waals surface area contributed by atoms with Crippen LogP contribution in [0.4, 0.5) is 25.1 Å². The summed E-state index contributed by atoms with van der Waals surface area (Å²) in [6.07, 6.45) is 1.80. The van der Waals surface area contributed by atoms with Crippen LogP contribution >= 0.6 is 0 Å². The Balaban J connectivity index is 2.08. The molecular formula is C14H16F2N4O. The van der Waals surface area contributed by atoms with Crippen molar-refractivity contribution >= 4 is 17.5 Å². The molecule has 2 amide bonds. The van der Waals surface area contributed by atoms with Crippen LogP contribution in [0.3, 0.4) is 0 Å². The van der Waals surface area contributed by atoms with E-state index in [4.69, 9.17) is 0 Å².